The largest absolute Gasteiger partial charge is 0.463 e. The minimum atomic E-state index is -0.656. The Balaban J connectivity index is 0.0000194. The van der Waals surface area contributed by atoms with E-state index in [1.807, 2.05) is 0 Å². The molecule has 0 saturated heterocycles. The molecule has 0 bridgehead atoms. The van der Waals surface area contributed by atoms with Gasteiger partial charge in [0.25, 0.3) is 0 Å². The summed E-state index contributed by atoms with van der Waals surface area (Å²) >= 11 is 0.592. The van der Waals surface area contributed by atoms with Crippen LogP contribution in [0.4, 0.5) is 0 Å². The van der Waals surface area contributed by atoms with E-state index in [0.29, 0.717) is 61.9 Å². The van der Waals surface area contributed by atoms with Gasteiger partial charge in [0.05, 0.1) is 49.6 Å². The summed E-state index contributed by atoms with van der Waals surface area (Å²) in [4.78, 5) is 48.7. The van der Waals surface area contributed by atoms with Gasteiger partial charge in [0.2, 0.25) is 0 Å². The average molecular weight is 668 g/mol. The van der Waals surface area contributed by atoms with Crippen LogP contribution >= 0.6 is 12.0 Å². The van der Waals surface area contributed by atoms with Crippen molar-refractivity contribution in [1.29, 1.82) is 0 Å². The maximum absolute atomic E-state index is 12.6. The molecule has 1 radical (unpaired) electrons. The van der Waals surface area contributed by atoms with Crippen LogP contribution in [-0.2, 0) is 37.9 Å². The molecule has 0 aliphatic carbocycles. The van der Waals surface area contributed by atoms with Crippen molar-refractivity contribution in [2.75, 3.05) is 39.6 Å². The number of aliphatic hydroxyl groups excluding tert-OH is 2. The Morgan fingerprint density at radius 3 is 1.33 bits per heavy atom. The molecule has 0 aliphatic rings. The fourth-order valence-corrected chi connectivity index (χ4v) is 4.16. The first kappa shape index (κ1) is 43.0. The Kier molecular flexibility index (Phi) is 28.1. The topological polar surface area (TPSA) is 184 Å². The van der Waals surface area contributed by atoms with Crippen LogP contribution in [0.15, 0.2) is 35.2 Å². The molecule has 0 atom stereocenters. The maximum atomic E-state index is 12.6. The third-order valence-corrected chi connectivity index (χ3v) is 6.55. The van der Waals surface area contributed by atoms with Gasteiger partial charge < -0.3 is 29.2 Å². The van der Waals surface area contributed by atoms with Gasteiger partial charge >= 0.3 is 23.9 Å². The molecule has 13 nitrogen and oxygen atoms in total. The van der Waals surface area contributed by atoms with Crippen LogP contribution in [0.2, 0.25) is 0 Å². The van der Waals surface area contributed by atoms with Gasteiger partial charge in [-0.05, 0) is 82.4 Å². The van der Waals surface area contributed by atoms with Crippen molar-refractivity contribution in [3.63, 3.8) is 0 Å². The van der Waals surface area contributed by atoms with E-state index in [-0.39, 0.29) is 80.3 Å². The molecular weight excluding hydrogens is 623 g/mol. The van der Waals surface area contributed by atoms with Gasteiger partial charge in [-0.25, -0.2) is 24.4 Å². The molecule has 15 heteroatoms. The first-order valence-corrected chi connectivity index (χ1v) is 15.5. The van der Waals surface area contributed by atoms with Crippen LogP contribution < -0.4 is 0 Å². The number of carbonyl (C=O) groups excluding carboxylic acids is 4. The zero-order valence-electron chi connectivity index (χ0n) is 25.9. The summed E-state index contributed by atoms with van der Waals surface area (Å²) in [5, 5.41) is 29.6. The van der Waals surface area contributed by atoms with Crippen molar-refractivity contribution in [3.8, 4) is 0 Å². The molecule has 249 valence electrons. The quantitative estimate of drug-likeness (QED) is 0.0185. The summed E-state index contributed by atoms with van der Waals surface area (Å²) in [6.07, 6.45) is 10.7. The standard InChI is InChI=1S/C30H44O13S.Na/c31-15-7-1-3-9-17-38-27(33)13-14-28(34)39-18-10-5-6-12-20-41-30(36)25-21-24(22-26(23-25)44-43-42-37)29(35)40-19-11-4-2-8-16-32;/h13-14,21-23,31-32,37H,1-12,15-20H2;/b14-13-;. The summed E-state index contributed by atoms with van der Waals surface area (Å²) < 4.78 is 25.1. The molecule has 0 heterocycles. The summed E-state index contributed by atoms with van der Waals surface area (Å²) in [5.41, 5.74) is 0.193. The van der Waals surface area contributed by atoms with Crippen LogP contribution in [-0.4, -0.2) is 109 Å². The number of rotatable bonds is 26. The third-order valence-electron chi connectivity index (χ3n) is 5.99. The maximum Gasteiger partial charge on any atom is 0.338 e. The normalized spacial score (nSPS) is 10.7. The fourth-order valence-electron chi connectivity index (χ4n) is 3.70. The molecule has 1 rings (SSSR count). The molecule has 1 aromatic carbocycles. The average Bonchev–Trinajstić information content (AvgIpc) is 3.03. The zero-order valence-corrected chi connectivity index (χ0v) is 28.8. The number of unbranched alkanes of at least 4 members (excludes halogenated alkanes) is 9. The van der Waals surface area contributed by atoms with Gasteiger partial charge in [-0.1, -0.05) is 17.9 Å². The summed E-state index contributed by atoms with van der Waals surface area (Å²) in [5.74, 6) is -2.55. The first-order valence-electron chi connectivity index (χ1n) is 14.8. The van der Waals surface area contributed by atoms with Gasteiger partial charge in [0.15, 0.2) is 0 Å². The number of hydrogen-bond acceptors (Lipinski definition) is 14. The third kappa shape index (κ3) is 23.0. The van der Waals surface area contributed by atoms with Gasteiger partial charge in [0.1, 0.15) is 0 Å². The molecule has 0 spiro atoms. The van der Waals surface area contributed by atoms with Gasteiger partial charge in [-0.2, -0.15) is 0 Å². The van der Waals surface area contributed by atoms with Crippen molar-refractivity contribution in [2.24, 2.45) is 0 Å². The predicted molar refractivity (Wildman–Crippen MR) is 164 cm³/mol. The van der Waals surface area contributed by atoms with Crippen molar-refractivity contribution in [3.05, 3.63) is 41.5 Å². The van der Waals surface area contributed by atoms with E-state index in [9.17, 15) is 19.2 Å². The van der Waals surface area contributed by atoms with E-state index in [0.717, 1.165) is 44.3 Å². The van der Waals surface area contributed by atoms with Crippen molar-refractivity contribution >= 4 is 65.5 Å². The molecule has 1 aromatic rings. The van der Waals surface area contributed by atoms with Crippen molar-refractivity contribution in [2.45, 2.75) is 81.9 Å². The van der Waals surface area contributed by atoms with E-state index < -0.39 is 23.9 Å². The molecule has 0 saturated carbocycles. The molecule has 3 N–H and O–H groups in total. The fraction of sp³-hybridized carbons (Fsp3) is 0.600. The predicted octanol–water partition coefficient (Wildman–Crippen LogP) is 4.36. The molecular formula is C30H44NaO13S. The molecule has 0 aromatic heterocycles. The molecule has 45 heavy (non-hydrogen) atoms. The zero-order chi connectivity index (χ0) is 32.3. The Morgan fingerprint density at radius 1 is 0.578 bits per heavy atom. The number of carbonyl (C=O) groups is 4. The van der Waals surface area contributed by atoms with E-state index in [1.54, 1.807) is 0 Å². The number of benzene rings is 1. The van der Waals surface area contributed by atoms with Crippen LogP contribution in [0.25, 0.3) is 0 Å². The summed E-state index contributed by atoms with van der Waals surface area (Å²) in [7, 11) is 0. The SMILES string of the molecule is O=C(/C=C\C(=O)OCCCCCCOC(=O)c1cc(SOOO)cc(C(=O)OCCCCCCO)c1)OCCCCCCO.[Na]. The number of aliphatic hydroxyl groups is 2. The van der Waals surface area contributed by atoms with E-state index >= 15 is 0 Å². The van der Waals surface area contributed by atoms with Crippen LogP contribution in [0, 0.1) is 0 Å². The number of esters is 4. The molecule has 0 amide bonds. The van der Waals surface area contributed by atoms with E-state index in [4.69, 9.17) is 34.4 Å². The Labute approximate surface area is 290 Å². The summed E-state index contributed by atoms with van der Waals surface area (Å²) in [6, 6.07) is 4.19. The molecule has 0 unspecified atom stereocenters. The molecule has 0 aliphatic heterocycles. The second kappa shape index (κ2) is 29.4. The van der Waals surface area contributed by atoms with Crippen molar-refractivity contribution in [1.82, 2.24) is 0 Å². The van der Waals surface area contributed by atoms with Crippen LogP contribution in [0.3, 0.4) is 0 Å². The second-order valence-electron chi connectivity index (χ2n) is 9.60. The Morgan fingerprint density at radius 2 is 0.956 bits per heavy atom. The summed E-state index contributed by atoms with van der Waals surface area (Å²) in [6.45, 7) is 1.02. The Hall–Kier alpha value is -2.01. The minimum Gasteiger partial charge on any atom is -0.463 e. The molecule has 0 fully saturated rings. The van der Waals surface area contributed by atoms with E-state index in [1.165, 1.54) is 18.2 Å². The first-order chi connectivity index (χ1) is 21.4. The van der Waals surface area contributed by atoms with Crippen LogP contribution in [0.1, 0.15) is 97.8 Å². The van der Waals surface area contributed by atoms with Crippen molar-refractivity contribution < 1.29 is 63.0 Å². The van der Waals surface area contributed by atoms with Gasteiger partial charge in [-0.15, -0.1) is 4.33 Å². The van der Waals surface area contributed by atoms with Crippen LogP contribution in [0.5, 0.6) is 0 Å². The smallest absolute Gasteiger partial charge is 0.338 e. The number of ether oxygens (including phenoxy) is 4. The minimum absolute atomic E-state index is 0. The second-order valence-corrected chi connectivity index (χ2v) is 10.4. The monoisotopic (exact) mass is 667 g/mol. The van der Waals surface area contributed by atoms with Gasteiger partial charge in [-0.3, -0.25) is 0 Å². The Bertz CT molecular complexity index is 1010. The number of hydrogen-bond donors (Lipinski definition) is 3. The van der Waals surface area contributed by atoms with E-state index in [2.05, 4.69) is 9.37 Å². The van der Waals surface area contributed by atoms with Gasteiger partial charge in [0, 0.05) is 59.8 Å².